The lowest BCUT2D eigenvalue weighted by atomic mass is 10.2. The smallest absolute Gasteiger partial charge is 0.339 e. The van der Waals surface area contributed by atoms with Crippen molar-refractivity contribution in [2.75, 3.05) is 5.32 Å². The number of aromatic carboxylic acids is 1. The second-order valence-corrected chi connectivity index (χ2v) is 4.48. The summed E-state index contributed by atoms with van der Waals surface area (Å²) in [7, 11) is 0. The lowest BCUT2D eigenvalue weighted by Gasteiger charge is -2.02. The fourth-order valence-corrected chi connectivity index (χ4v) is 2.23. The number of anilines is 1. The van der Waals surface area contributed by atoms with Crippen LogP contribution in [0.5, 0.6) is 0 Å². The molecule has 1 amide bonds. The summed E-state index contributed by atoms with van der Waals surface area (Å²) in [6.07, 6.45) is 1.02. The molecular weight excluding hydrogens is 268 g/mol. The zero-order chi connectivity index (χ0) is 13.8. The number of nitrogens with zero attached hydrogens (tertiary/aromatic N) is 1. The summed E-state index contributed by atoms with van der Waals surface area (Å²) in [5, 5.41) is 22.4. The molecule has 2 N–H and O–H groups in total. The van der Waals surface area contributed by atoms with Crippen molar-refractivity contribution in [3.8, 4) is 6.07 Å². The van der Waals surface area contributed by atoms with E-state index in [4.69, 9.17) is 14.8 Å². The quantitative estimate of drug-likeness (QED) is 0.889. The third kappa shape index (κ3) is 2.81. The normalized spacial score (nSPS) is 9.84. The van der Waals surface area contributed by atoms with Gasteiger partial charge in [-0.15, -0.1) is 11.3 Å². The van der Waals surface area contributed by atoms with Gasteiger partial charge in [-0.05, 0) is 17.5 Å². The first-order valence-electron chi connectivity index (χ1n) is 5.19. The number of nitrogens with one attached hydrogen (secondary N) is 1. The Morgan fingerprint density at radius 1 is 1.47 bits per heavy atom. The van der Waals surface area contributed by atoms with Crippen molar-refractivity contribution in [3.63, 3.8) is 0 Å². The van der Waals surface area contributed by atoms with Crippen LogP contribution in [0.4, 0.5) is 5.00 Å². The van der Waals surface area contributed by atoms with Crippen LogP contribution in [-0.2, 0) is 11.2 Å². The van der Waals surface area contributed by atoms with Gasteiger partial charge in [0.15, 0.2) is 0 Å². The largest absolute Gasteiger partial charge is 0.478 e. The summed E-state index contributed by atoms with van der Waals surface area (Å²) in [5.41, 5.74) is 0.332. The Bertz CT molecular complexity index is 665. The van der Waals surface area contributed by atoms with Crippen LogP contribution in [0.3, 0.4) is 0 Å². The van der Waals surface area contributed by atoms with Gasteiger partial charge in [0.2, 0.25) is 5.91 Å². The first-order chi connectivity index (χ1) is 9.11. The predicted octanol–water partition coefficient (Wildman–Crippen LogP) is 2.09. The highest BCUT2D eigenvalue weighted by Gasteiger charge is 2.17. The van der Waals surface area contributed by atoms with Crippen LogP contribution in [-0.4, -0.2) is 17.0 Å². The second kappa shape index (κ2) is 5.37. The minimum Gasteiger partial charge on any atom is -0.478 e. The van der Waals surface area contributed by atoms with E-state index in [1.54, 1.807) is 11.4 Å². The van der Waals surface area contributed by atoms with Crippen molar-refractivity contribution in [2.24, 2.45) is 0 Å². The van der Waals surface area contributed by atoms with Crippen molar-refractivity contribution >= 4 is 28.2 Å². The fourth-order valence-electron chi connectivity index (χ4n) is 1.48. The molecule has 0 saturated heterocycles. The van der Waals surface area contributed by atoms with Gasteiger partial charge in [-0.25, -0.2) is 4.79 Å². The standard InChI is InChI=1S/C12H8N2O4S/c13-6-7-2-4-19-11(7)14-10(15)5-9-8(12(16)17)1-3-18-9/h1-4H,5H2,(H,14,15)(H,16,17). The van der Waals surface area contributed by atoms with Gasteiger partial charge in [0, 0.05) is 0 Å². The maximum absolute atomic E-state index is 11.8. The number of carboxylic acid groups (broad SMARTS) is 1. The molecule has 0 fully saturated rings. The van der Waals surface area contributed by atoms with Gasteiger partial charge in [-0.1, -0.05) is 0 Å². The van der Waals surface area contributed by atoms with Gasteiger partial charge < -0.3 is 14.8 Å². The number of carbonyl (C=O) groups excluding carboxylic acids is 1. The van der Waals surface area contributed by atoms with E-state index >= 15 is 0 Å². The molecule has 2 aromatic heterocycles. The molecule has 96 valence electrons. The maximum atomic E-state index is 11.8. The van der Waals surface area contributed by atoms with Crippen LogP contribution in [0, 0.1) is 11.3 Å². The minimum absolute atomic E-state index is 0.0400. The highest BCUT2D eigenvalue weighted by Crippen LogP contribution is 2.22. The molecule has 0 saturated carbocycles. The summed E-state index contributed by atoms with van der Waals surface area (Å²) in [6, 6.07) is 4.83. The number of thiophene rings is 1. The number of amides is 1. The number of rotatable bonds is 4. The van der Waals surface area contributed by atoms with Gasteiger partial charge in [0.05, 0.1) is 18.2 Å². The van der Waals surface area contributed by atoms with Gasteiger partial charge in [-0.2, -0.15) is 5.26 Å². The van der Waals surface area contributed by atoms with E-state index in [1.165, 1.54) is 23.7 Å². The van der Waals surface area contributed by atoms with Crippen molar-refractivity contribution in [3.05, 3.63) is 40.7 Å². The van der Waals surface area contributed by atoms with E-state index in [0.717, 1.165) is 0 Å². The zero-order valence-corrected chi connectivity index (χ0v) is 10.4. The number of nitriles is 1. The Labute approximate surface area is 111 Å². The monoisotopic (exact) mass is 276 g/mol. The molecule has 6 nitrogen and oxygen atoms in total. The Balaban J connectivity index is 2.08. The van der Waals surface area contributed by atoms with E-state index in [2.05, 4.69) is 5.32 Å². The number of hydrogen-bond acceptors (Lipinski definition) is 5. The topological polar surface area (TPSA) is 103 Å². The van der Waals surface area contributed by atoms with Crippen LogP contribution < -0.4 is 5.32 Å². The summed E-state index contributed by atoms with van der Waals surface area (Å²) in [6.45, 7) is 0. The molecule has 2 aromatic rings. The molecule has 0 aromatic carbocycles. The van der Waals surface area contributed by atoms with Crippen molar-refractivity contribution in [1.82, 2.24) is 0 Å². The average molecular weight is 276 g/mol. The van der Waals surface area contributed by atoms with Crippen molar-refractivity contribution in [1.29, 1.82) is 5.26 Å². The summed E-state index contributed by atoms with van der Waals surface area (Å²) in [5.74, 6) is -1.50. The van der Waals surface area contributed by atoms with Crippen LogP contribution in [0.25, 0.3) is 0 Å². The summed E-state index contributed by atoms with van der Waals surface area (Å²) < 4.78 is 4.97. The van der Waals surface area contributed by atoms with Gasteiger partial charge >= 0.3 is 5.97 Å². The van der Waals surface area contributed by atoms with Crippen LogP contribution in [0.1, 0.15) is 21.7 Å². The first kappa shape index (κ1) is 12.9. The van der Waals surface area contributed by atoms with E-state index in [9.17, 15) is 9.59 Å². The minimum atomic E-state index is -1.15. The average Bonchev–Trinajstić information content (AvgIpc) is 2.97. The van der Waals surface area contributed by atoms with Gasteiger partial charge in [0.25, 0.3) is 0 Å². The Morgan fingerprint density at radius 2 is 2.26 bits per heavy atom. The third-order valence-corrected chi connectivity index (χ3v) is 3.17. The number of carboxylic acids is 1. The van der Waals surface area contributed by atoms with Gasteiger partial charge in [0.1, 0.15) is 22.4 Å². The van der Waals surface area contributed by atoms with Crippen molar-refractivity contribution in [2.45, 2.75) is 6.42 Å². The molecule has 0 unspecified atom stereocenters. The van der Waals surface area contributed by atoms with Crippen molar-refractivity contribution < 1.29 is 19.1 Å². The van der Waals surface area contributed by atoms with E-state index in [-0.39, 0.29) is 17.7 Å². The molecule has 19 heavy (non-hydrogen) atoms. The van der Waals surface area contributed by atoms with Gasteiger partial charge in [-0.3, -0.25) is 4.79 Å². The second-order valence-electron chi connectivity index (χ2n) is 3.56. The molecule has 0 aliphatic heterocycles. The SMILES string of the molecule is N#Cc1ccsc1NC(=O)Cc1occc1C(=O)O. The fraction of sp³-hybridized carbons (Fsp3) is 0.0833. The van der Waals surface area contributed by atoms with Crippen LogP contribution in [0.15, 0.2) is 28.2 Å². The molecule has 0 bridgehead atoms. The first-order valence-corrected chi connectivity index (χ1v) is 6.07. The van der Waals surface area contributed by atoms with E-state index < -0.39 is 11.9 Å². The van der Waals surface area contributed by atoms with Crippen LogP contribution >= 0.6 is 11.3 Å². The van der Waals surface area contributed by atoms with Crippen LogP contribution in [0.2, 0.25) is 0 Å². The molecule has 2 rings (SSSR count). The Kier molecular flexibility index (Phi) is 3.63. The Morgan fingerprint density at radius 3 is 2.95 bits per heavy atom. The predicted molar refractivity (Wildman–Crippen MR) is 67.0 cm³/mol. The molecule has 0 spiro atoms. The molecular formula is C12H8N2O4S. The molecule has 0 radical (unpaired) electrons. The number of furan rings is 1. The maximum Gasteiger partial charge on any atom is 0.339 e. The molecule has 0 aliphatic rings. The van der Waals surface area contributed by atoms with E-state index in [0.29, 0.717) is 10.6 Å². The highest BCUT2D eigenvalue weighted by atomic mass is 32.1. The lowest BCUT2D eigenvalue weighted by Crippen LogP contribution is -2.15. The number of hydrogen-bond donors (Lipinski definition) is 2. The van der Waals surface area contributed by atoms with E-state index in [1.807, 2.05) is 6.07 Å². The molecule has 0 aliphatic carbocycles. The molecule has 7 heteroatoms. The Hall–Kier alpha value is -2.59. The zero-order valence-electron chi connectivity index (χ0n) is 9.54. The molecule has 0 atom stereocenters. The lowest BCUT2D eigenvalue weighted by molar-refractivity contribution is -0.115. The summed E-state index contributed by atoms with van der Waals surface area (Å²) >= 11 is 1.22. The molecule has 2 heterocycles. The third-order valence-electron chi connectivity index (χ3n) is 2.34. The number of carbonyl (C=O) groups is 2. The highest BCUT2D eigenvalue weighted by molar-refractivity contribution is 7.14. The summed E-state index contributed by atoms with van der Waals surface area (Å²) in [4.78, 5) is 22.6.